The number of hydrogen-bond donors (Lipinski definition) is 0. The fraction of sp³-hybridized carbons (Fsp3) is 0.467. The SMILES string of the molecule is CCCC(C)N(C)c1cc(C#N)ccc1C(C)=O. The van der Waals surface area contributed by atoms with Crippen LogP contribution in [0, 0.1) is 11.3 Å². The Labute approximate surface area is 109 Å². The smallest absolute Gasteiger partial charge is 0.161 e. The van der Waals surface area contributed by atoms with E-state index in [1.165, 1.54) is 0 Å². The van der Waals surface area contributed by atoms with Crippen molar-refractivity contribution in [2.45, 2.75) is 39.7 Å². The van der Waals surface area contributed by atoms with Crippen molar-refractivity contribution in [3.63, 3.8) is 0 Å². The van der Waals surface area contributed by atoms with Crippen LogP contribution >= 0.6 is 0 Å². The summed E-state index contributed by atoms with van der Waals surface area (Å²) >= 11 is 0. The minimum absolute atomic E-state index is 0.0324. The number of ketones is 1. The molecule has 0 radical (unpaired) electrons. The van der Waals surface area contributed by atoms with Crippen LogP contribution in [0.4, 0.5) is 5.69 Å². The molecular formula is C15H20N2O. The number of nitrogens with zero attached hydrogens (tertiary/aromatic N) is 2. The third kappa shape index (κ3) is 3.10. The van der Waals surface area contributed by atoms with Crippen LogP contribution < -0.4 is 4.90 Å². The lowest BCUT2D eigenvalue weighted by molar-refractivity contribution is 0.101. The lowest BCUT2D eigenvalue weighted by atomic mass is 10.0. The minimum Gasteiger partial charge on any atom is -0.371 e. The second kappa shape index (κ2) is 6.20. The summed E-state index contributed by atoms with van der Waals surface area (Å²) in [6, 6.07) is 7.70. The molecule has 1 aromatic rings. The monoisotopic (exact) mass is 244 g/mol. The van der Waals surface area contributed by atoms with Gasteiger partial charge in [-0.2, -0.15) is 5.26 Å². The zero-order chi connectivity index (χ0) is 13.7. The highest BCUT2D eigenvalue weighted by molar-refractivity contribution is 6.00. The highest BCUT2D eigenvalue weighted by Crippen LogP contribution is 2.24. The molecule has 0 spiro atoms. The van der Waals surface area contributed by atoms with Gasteiger partial charge in [0.2, 0.25) is 0 Å². The van der Waals surface area contributed by atoms with Gasteiger partial charge in [-0.15, -0.1) is 0 Å². The Morgan fingerprint density at radius 3 is 2.67 bits per heavy atom. The molecule has 0 N–H and O–H groups in total. The van der Waals surface area contributed by atoms with Gasteiger partial charge in [-0.05, 0) is 38.5 Å². The first-order chi connectivity index (χ1) is 8.51. The molecule has 0 aromatic heterocycles. The summed E-state index contributed by atoms with van der Waals surface area (Å²) in [5, 5.41) is 8.96. The topological polar surface area (TPSA) is 44.1 Å². The van der Waals surface area contributed by atoms with Crippen LogP contribution in [0.15, 0.2) is 18.2 Å². The van der Waals surface area contributed by atoms with Gasteiger partial charge in [0.05, 0.1) is 11.6 Å². The van der Waals surface area contributed by atoms with Crippen LogP contribution in [0.2, 0.25) is 0 Å². The molecule has 1 rings (SSSR count). The summed E-state index contributed by atoms with van der Waals surface area (Å²) in [5.74, 6) is 0.0324. The number of rotatable bonds is 5. The van der Waals surface area contributed by atoms with Gasteiger partial charge < -0.3 is 4.90 Å². The Morgan fingerprint density at radius 1 is 1.50 bits per heavy atom. The summed E-state index contributed by atoms with van der Waals surface area (Å²) in [6.45, 7) is 5.83. The van der Waals surface area contributed by atoms with Crippen molar-refractivity contribution in [3.05, 3.63) is 29.3 Å². The molecule has 0 fully saturated rings. The van der Waals surface area contributed by atoms with E-state index < -0.39 is 0 Å². The van der Waals surface area contributed by atoms with E-state index in [0.717, 1.165) is 18.5 Å². The number of carbonyl (C=O) groups excluding carboxylic acids is 1. The number of hydrogen-bond acceptors (Lipinski definition) is 3. The molecule has 18 heavy (non-hydrogen) atoms. The molecule has 0 aliphatic carbocycles. The predicted octanol–water partition coefficient (Wildman–Crippen LogP) is 3.39. The van der Waals surface area contributed by atoms with Gasteiger partial charge >= 0.3 is 0 Å². The molecule has 0 saturated heterocycles. The summed E-state index contributed by atoms with van der Waals surface area (Å²) in [5.41, 5.74) is 2.12. The highest BCUT2D eigenvalue weighted by Gasteiger charge is 2.16. The number of carbonyl (C=O) groups is 1. The molecular weight excluding hydrogens is 224 g/mol. The minimum atomic E-state index is 0.0324. The van der Waals surface area contributed by atoms with E-state index in [1.54, 1.807) is 25.1 Å². The van der Waals surface area contributed by atoms with Gasteiger partial charge in [0.25, 0.3) is 0 Å². The van der Waals surface area contributed by atoms with Crippen LogP contribution in [-0.4, -0.2) is 18.9 Å². The van der Waals surface area contributed by atoms with Crippen LogP contribution in [-0.2, 0) is 0 Å². The molecule has 1 atom stereocenters. The predicted molar refractivity (Wildman–Crippen MR) is 73.9 cm³/mol. The molecule has 0 aliphatic rings. The molecule has 0 bridgehead atoms. The summed E-state index contributed by atoms with van der Waals surface area (Å²) in [4.78, 5) is 13.7. The van der Waals surface area contributed by atoms with Crippen molar-refractivity contribution < 1.29 is 4.79 Å². The molecule has 0 aliphatic heterocycles. The van der Waals surface area contributed by atoms with Crippen molar-refractivity contribution in [2.75, 3.05) is 11.9 Å². The largest absolute Gasteiger partial charge is 0.371 e. The maximum atomic E-state index is 11.6. The zero-order valence-corrected chi connectivity index (χ0v) is 11.5. The van der Waals surface area contributed by atoms with Crippen molar-refractivity contribution in [2.24, 2.45) is 0 Å². The Balaban J connectivity index is 3.19. The Hall–Kier alpha value is -1.82. The van der Waals surface area contributed by atoms with E-state index in [9.17, 15) is 4.79 Å². The fourth-order valence-electron chi connectivity index (χ4n) is 2.04. The molecule has 0 amide bonds. The third-order valence-electron chi connectivity index (χ3n) is 3.25. The average Bonchev–Trinajstić information content (AvgIpc) is 2.37. The van der Waals surface area contributed by atoms with Crippen molar-refractivity contribution in [1.82, 2.24) is 0 Å². The van der Waals surface area contributed by atoms with Gasteiger partial charge in [-0.25, -0.2) is 0 Å². The zero-order valence-electron chi connectivity index (χ0n) is 11.5. The summed E-state index contributed by atoms with van der Waals surface area (Å²) in [7, 11) is 1.98. The lowest BCUT2D eigenvalue weighted by Gasteiger charge is -2.28. The van der Waals surface area contributed by atoms with Crippen molar-refractivity contribution in [1.29, 1.82) is 5.26 Å². The summed E-state index contributed by atoms with van der Waals surface area (Å²) < 4.78 is 0. The van der Waals surface area contributed by atoms with Crippen molar-refractivity contribution in [3.8, 4) is 6.07 Å². The fourth-order valence-corrected chi connectivity index (χ4v) is 2.04. The molecule has 1 aromatic carbocycles. The van der Waals surface area contributed by atoms with Gasteiger partial charge in [0.1, 0.15) is 0 Å². The van der Waals surface area contributed by atoms with Gasteiger partial charge in [0, 0.05) is 24.3 Å². The van der Waals surface area contributed by atoms with Crippen LogP contribution in [0.3, 0.4) is 0 Å². The second-order valence-electron chi connectivity index (χ2n) is 4.65. The van der Waals surface area contributed by atoms with Crippen LogP contribution in [0.5, 0.6) is 0 Å². The standard InChI is InChI=1S/C15H20N2O/c1-5-6-11(2)17(4)15-9-13(10-16)7-8-14(15)12(3)18/h7-9,11H,5-6H2,1-4H3. The van der Waals surface area contributed by atoms with Gasteiger partial charge in [0.15, 0.2) is 5.78 Å². The van der Waals surface area contributed by atoms with Gasteiger partial charge in [-0.1, -0.05) is 13.3 Å². The first-order valence-corrected chi connectivity index (χ1v) is 6.29. The number of benzene rings is 1. The summed E-state index contributed by atoms with van der Waals surface area (Å²) in [6.07, 6.45) is 2.16. The molecule has 0 saturated carbocycles. The van der Waals surface area contributed by atoms with E-state index in [4.69, 9.17) is 5.26 Å². The van der Waals surface area contributed by atoms with Gasteiger partial charge in [-0.3, -0.25) is 4.79 Å². The normalized spacial score (nSPS) is 11.7. The van der Waals surface area contributed by atoms with E-state index in [1.807, 2.05) is 7.05 Å². The van der Waals surface area contributed by atoms with Crippen molar-refractivity contribution >= 4 is 11.5 Å². The Kier molecular flexibility index (Phi) is 4.91. The molecule has 0 heterocycles. The molecule has 1 unspecified atom stereocenters. The lowest BCUT2D eigenvalue weighted by Crippen LogP contribution is -2.30. The first-order valence-electron chi connectivity index (χ1n) is 6.29. The highest BCUT2D eigenvalue weighted by atomic mass is 16.1. The maximum absolute atomic E-state index is 11.6. The Morgan fingerprint density at radius 2 is 2.17 bits per heavy atom. The second-order valence-corrected chi connectivity index (χ2v) is 4.65. The number of nitriles is 1. The number of Topliss-reactive ketones (excluding diaryl/α,β-unsaturated/α-hetero) is 1. The van der Waals surface area contributed by atoms with E-state index in [-0.39, 0.29) is 5.78 Å². The maximum Gasteiger partial charge on any atom is 0.161 e. The molecule has 96 valence electrons. The van der Waals surface area contributed by atoms with E-state index >= 15 is 0 Å². The van der Waals surface area contributed by atoms with Crippen LogP contribution in [0.25, 0.3) is 0 Å². The molecule has 3 heteroatoms. The van der Waals surface area contributed by atoms with Crippen LogP contribution in [0.1, 0.15) is 49.5 Å². The Bertz CT molecular complexity index is 474. The quantitative estimate of drug-likeness (QED) is 0.746. The van der Waals surface area contributed by atoms with E-state index in [2.05, 4.69) is 24.8 Å². The van der Waals surface area contributed by atoms with E-state index in [0.29, 0.717) is 17.2 Å². The third-order valence-corrected chi connectivity index (χ3v) is 3.25. The molecule has 3 nitrogen and oxygen atoms in total. The average molecular weight is 244 g/mol. The number of anilines is 1. The first kappa shape index (κ1) is 14.2.